The zero-order valence-corrected chi connectivity index (χ0v) is 42.3. The zero-order valence-electron chi connectivity index (χ0n) is 42.3. The molecule has 0 saturated carbocycles. The zero-order chi connectivity index (χ0) is 45.2. The lowest BCUT2D eigenvalue weighted by Crippen LogP contribution is -2.30. The molecular weight excluding hydrogens is 769 g/mol. The fraction of sp³-hybridized carbons (Fsp3) is 0.946. The van der Waals surface area contributed by atoms with Crippen molar-refractivity contribution in [2.45, 2.75) is 323 Å². The maximum absolute atomic E-state index is 12.8. The van der Waals surface area contributed by atoms with Gasteiger partial charge in [0.1, 0.15) is 13.2 Å². The molecule has 0 aliphatic carbocycles. The Labute approximate surface area is 387 Å². The van der Waals surface area contributed by atoms with Gasteiger partial charge in [0.05, 0.1) is 0 Å². The van der Waals surface area contributed by atoms with Gasteiger partial charge in [-0.15, -0.1) is 0 Å². The molecule has 0 saturated heterocycles. The van der Waals surface area contributed by atoms with Crippen LogP contribution in [0.4, 0.5) is 0 Å². The first-order chi connectivity index (χ1) is 30.4. The Hall–Kier alpha value is -1.59. The average molecular weight is 877 g/mol. The molecule has 368 valence electrons. The van der Waals surface area contributed by atoms with Crippen LogP contribution in [0.5, 0.6) is 0 Å². The first-order valence-electron chi connectivity index (χ1n) is 27.9. The third-order valence-electron chi connectivity index (χ3n) is 12.8. The van der Waals surface area contributed by atoms with Crippen LogP contribution in [0.25, 0.3) is 0 Å². The molecule has 0 aromatic carbocycles. The second-order valence-electron chi connectivity index (χ2n) is 19.7. The number of ether oxygens (including phenoxy) is 3. The third kappa shape index (κ3) is 49.4. The summed E-state index contributed by atoms with van der Waals surface area (Å²) in [7, 11) is 0. The SMILES string of the molecule is CCCCCCCCCCCCCCCCCCCCC(=O)O[C@H](COC(=O)CCCCCCCCC)COC(=O)CCCCCCCCCCCCCCCCCCC(C)C. The number of rotatable bonds is 51. The summed E-state index contributed by atoms with van der Waals surface area (Å²) in [5.41, 5.74) is 0. The van der Waals surface area contributed by atoms with Crippen LogP contribution in [0.1, 0.15) is 317 Å². The molecule has 6 heteroatoms. The summed E-state index contributed by atoms with van der Waals surface area (Å²) >= 11 is 0. The van der Waals surface area contributed by atoms with Crippen LogP contribution < -0.4 is 0 Å². The molecule has 0 amide bonds. The molecule has 0 aromatic heterocycles. The largest absolute Gasteiger partial charge is 0.462 e. The van der Waals surface area contributed by atoms with Crippen LogP contribution >= 0.6 is 0 Å². The van der Waals surface area contributed by atoms with E-state index in [-0.39, 0.29) is 31.1 Å². The highest BCUT2D eigenvalue weighted by Gasteiger charge is 2.19. The van der Waals surface area contributed by atoms with E-state index in [0.29, 0.717) is 19.3 Å². The smallest absolute Gasteiger partial charge is 0.306 e. The minimum Gasteiger partial charge on any atom is -0.462 e. The highest BCUT2D eigenvalue weighted by Crippen LogP contribution is 2.18. The van der Waals surface area contributed by atoms with Gasteiger partial charge in [-0.3, -0.25) is 14.4 Å². The van der Waals surface area contributed by atoms with Crippen molar-refractivity contribution in [1.82, 2.24) is 0 Å². The van der Waals surface area contributed by atoms with Crippen LogP contribution in [-0.4, -0.2) is 37.2 Å². The molecule has 0 unspecified atom stereocenters. The van der Waals surface area contributed by atoms with Gasteiger partial charge >= 0.3 is 17.9 Å². The second kappa shape index (κ2) is 50.4. The Kier molecular flexibility index (Phi) is 49.1. The predicted molar refractivity (Wildman–Crippen MR) is 266 cm³/mol. The van der Waals surface area contributed by atoms with Gasteiger partial charge in [0.15, 0.2) is 6.10 Å². The van der Waals surface area contributed by atoms with E-state index in [4.69, 9.17) is 14.2 Å². The van der Waals surface area contributed by atoms with Gasteiger partial charge in [-0.1, -0.05) is 278 Å². The molecule has 6 nitrogen and oxygen atoms in total. The Morgan fingerprint density at radius 2 is 0.532 bits per heavy atom. The standard InChI is InChI=1S/C56H108O6/c1-5-7-9-11-13-14-15-16-17-18-19-24-27-30-33-37-41-45-49-56(59)62-53(50-60-54(57)47-43-39-34-12-10-8-6-2)51-61-55(58)48-44-40-36-32-29-26-23-21-20-22-25-28-31-35-38-42-46-52(3)4/h52-53H,5-51H2,1-4H3/t53-/m1/s1. The van der Waals surface area contributed by atoms with Crippen molar-refractivity contribution in [2.24, 2.45) is 5.92 Å². The van der Waals surface area contributed by atoms with Crippen LogP contribution in [0.2, 0.25) is 0 Å². The molecule has 0 aromatic rings. The van der Waals surface area contributed by atoms with Gasteiger partial charge in [0.2, 0.25) is 0 Å². The van der Waals surface area contributed by atoms with Crippen molar-refractivity contribution in [1.29, 1.82) is 0 Å². The Morgan fingerprint density at radius 3 is 0.790 bits per heavy atom. The highest BCUT2D eigenvalue weighted by molar-refractivity contribution is 5.71. The molecule has 0 bridgehead atoms. The van der Waals surface area contributed by atoms with E-state index in [1.165, 1.54) is 212 Å². The summed E-state index contributed by atoms with van der Waals surface area (Å²) in [5, 5.41) is 0. The maximum atomic E-state index is 12.8. The van der Waals surface area contributed by atoms with Gasteiger partial charge in [0, 0.05) is 19.3 Å². The molecule has 1 atom stereocenters. The van der Waals surface area contributed by atoms with Crippen molar-refractivity contribution in [3.63, 3.8) is 0 Å². The van der Waals surface area contributed by atoms with Crippen LogP contribution in [0.15, 0.2) is 0 Å². The van der Waals surface area contributed by atoms with E-state index >= 15 is 0 Å². The van der Waals surface area contributed by atoms with E-state index < -0.39 is 6.10 Å². The summed E-state index contributed by atoms with van der Waals surface area (Å²) < 4.78 is 16.8. The van der Waals surface area contributed by atoms with Crippen molar-refractivity contribution in [2.75, 3.05) is 13.2 Å². The topological polar surface area (TPSA) is 78.9 Å². The lowest BCUT2D eigenvalue weighted by Gasteiger charge is -2.18. The second-order valence-corrected chi connectivity index (χ2v) is 19.7. The molecule has 0 fully saturated rings. The number of unbranched alkanes of at least 4 members (excludes halogenated alkanes) is 38. The van der Waals surface area contributed by atoms with Crippen LogP contribution in [0.3, 0.4) is 0 Å². The Balaban J connectivity index is 4.14. The summed E-state index contributed by atoms with van der Waals surface area (Å²) in [6, 6.07) is 0. The lowest BCUT2D eigenvalue weighted by molar-refractivity contribution is -0.167. The molecule has 0 heterocycles. The predicted octanol–water partition coefficient (Wildman–Crippen LogP) is 18.2. The Bertz CT molecular complexity index is 933. The molecular formula is C56H108O6. The summed E-state index contributed by atoms with van der Waals surface area (Å²) in [6.45, 7) is 9.02. The van der Waals surface area contributed by atoms with Crippen molar-refractivity contribution in [3.05, 3.63) is 0 Å². The van der Waals surface area contributed by atoms with Crippen LogP contribution in [0, 0.1) is 5.92 Å². The molecule has 0 rings (SSSR count). The van der Waals surface area contributed by atoms with E-state index in [1.54, 1.807) is 0 Å². The van der Waals surface area contributed by atoms with Crippen molar-refractivity contribution < 1.29 is 28.6 Å². The monoisotopic (exact) mass is 877 g/mol. The minimum atomic E-state index is -0.760. The molecule has 0 N–H and O–H groups in total. The van der Waals surface area contributed by atoms with Crippen molar-refractivity contribution in [3.8, 4) is 0 Å². The Morgan fingerprint density at radius 1 is 0.306 bits per heavy atom. The molecule has 0 spiro atoms. The van der Waals surface area contributed by atoms with E-state index in [2.05, 4.69) is 27.7 Å². The average Bonchev–Trinajstić information content (AvgIpc) is 3.26. The fourth-order valence-corrected chi connectivity index (χ4v) is 8.57. The minimum absolute atomic E-state index is 0.0627. The normalized spacial score (nSPS) is 12.0. The molecule has 0 aliphatic rings. The summed E-state index contributed by atoms with van der Waals surface area (Å²) in [5.74, 6) is 0.00693. The van der Waals surface area contributed by atoms with E-state index in [9.17, 15) is 14.4 Å². The number of carbonyl (C=O) groups excluding carboxylic acids is 3. The lowest BCUT2D eigenvalue weighted by atomic mass is 10.0. The van der Waals surface area contributed by atoms with Crippen LogP contribution in [-0.2, 0) is 28.6 Å². The van der Waals surface area contributed by atoms with Crippen molar-refractivity contribution >= 4 is 17.9 Å². The van der Waals surface area contributed by atoms with Gasteiger partial charge in [-0.2, -0.15) is 0 Å². The number of hydrogen-bond donors (Lipinski definition) is 0. The highest BCUT2D eigenvalue weighted by atomic mass is 16.6. The molecule has 62 heavy (non-hydrogen) atoms. The molecule has 0 aliphatic heterocycles. The van der Waals surface area contributed by atoms with Gasteiger partial charge < -0.3 is 14.2 Å². The number of hydrogen-bond acceptors (Lipinski definition) is 6. The summed E-state index contributed by atoms with van der Waals surface area (Å²) in [4.78, 5) is 37.9. The van der Waals surface area contributed by atoms with Gasteiger partial charge in [-0.25, -0.2) is 0 Å². The van der Waals surface area contributed by atoms with Gasteiger partial charge in [-0.05, 0) is 25.2 Å². The summed E-state index contributed by atoms with van der Waals surface area (Å²) in [6.07, 6.45) is 54.0. The first kappa shape index (κ1) is 60.4. The maximum Gasteiger partial charge on any atom is 0.306 e. The number of esters is 3. The third-order valence-corrected chi connectivity index (χ3v) is 12.8. The fourth-order valence-electron chi connectivity index (χ4n) is 8.57. The van der Waals surface area contributed by atoms with E-state index in [1.807, 2.05) is 0 Å². The van der Waals surface area contributed by atoms with E-state index in [0.717, 1.165) is 63.7 Å². The van der Waals surface area contributed by atoms with Gasteiger partial charge in [0.25, 0.3) is 0 Å². The first-order valence-corrected chi connectivity index (χ1v) is 27.9. The quantitative estimate of drug-likeness (QED) is 0.0344. The number of carbonyl (C=O) groups is 3. The molecule has 0 radical (unpaired) electrons.